The van der Waals surface area contributed by atoms with Gasteiger partial charge in [0.05, 0.1) is 11.5 Å². The van der Waals surface area contributed by atoms with Gasteiger partial charge >= 0.3 is 0 Å². The van der Waals surface area contributed by atoms with Gasteiger partial charge in [-0.1, -0.05) is 43.3 Å². The molecule has 0 spiro atoms. The molecule has 2 aromatic rings. The molecule has 0 aliphatic carbocycles. The number of benzene rings is 2. The van der Waals surface area contributed by atoms with E-state index < -0.39 is 10.1 Å². The van der Waals surface area contributed by atoms with Crippen LogP contribution in [0.25, 0.3) is 0 Å². The van der Waals surface area contributed by atoms with Crippen LogP contribution in [0.15, 0.2) is 53.4 Å². The van der Waals surface area contributed by atoms with E-state index in [1.807, 2.05) is 44.2 Å². The van der Waals surface area contributed by atoms with Crippen molar-refractivity contribution in [3.8, 4) is 5.75 Å². The van der Waals surface area contributed by atoms with Crippen molar-refractivity contribution in [2.75, 3.05) is 6.61 Å². The molecule has 0 fully saturated rings. The van der Waals surface area contributed by atoms with Gasteiger partial charge in [-0.3, -0.25) is 4.18 Å². The maximum absolute atomic E-state index is 12.1. The monoisotopic (exact) mass is 320 g/mol. The second-order valence-corrected chi connectivity index (χ2v) is 6.59. The highest BCUT2D eigenvalue weighted by atomic mass is 32.2. The predicted molar refractivity (Wildman–Crippen MR) is 85.4 cm³/mol. The molecule has 2 aromatic carbocycles. The number of rotatable bonds is 7. The highest BCUT2D eigenvalue weighted by Crippen LogP contribution is 2.24. The minimum absolute atomic E-state index is 0.120. The van der Waals surface area contributed by atoms with Crippen molar-refractivity contribution in [2.45, 2.75) is 31.8 Å². The summed E-state index contributed by atoms with van der Waals surface area (Å²) in [5.74, 6) is 0.546. The van der Waals surface area contributed by atoms with Crippen LogP contribution >= 0.6 is 0 Å². The van der Waals surface area contributed by atoms with Crippen LogP contribution in [0.2, 0.25) is 0 Å². The lowest BCUT2D eigenvalue weighted by molar-refractivity contribution is 0.301. The number of aryl methyl sites for hydroxylation is 1. The molecule has 0 aliphatic rings. The van der Waals surface area contributed by atoms with Crippen molar-refractivity contribution in [1.29, 1.82) is 0 Å². The Hall–Kier alpha value is -1.85. The molecule has 118 valence electrons. The zero-order valence-electron chi connectivity index (χ0n) is 12.8. The number of ether oxygens (including phenoxy) is 1. The molecule has 4 nitrogen and oxygen atoms in total. The average molecular weight is 320 g/mol. The van der Waals surface area contributed by atoms with Crippen LogP contribution in [0.4, 0.5) is 0 Å². The molecule has 0 atom stereocenters. The Balaban J connectivity index is 2.16. The van der Waals surface area contributed by atoms with E-state index in [2.05, 4.69) is 0 Å². The third kappa shape index (κ3) is 4.32. The van der Waals surface area contributed by atoms with Crippen LogP contribution < -0.4 is 4.74 Å². The summed E-state index contributed by atoms with van der Waals surface area (Å²) < 4.78 is 34.8. The molecule has 0 unspecified atom stereocenters. The van der Waals surface area contributed by atoms with Crippen molar-refractivity contribution in [2.24, 2.45) is 0 Å². The van der Waals surface area contributed by atoms with Crippen molar-refractivity contribution < 1.29 is 17.3 Å². The predicted octanol–water partition coefficient (Wildman–Crippen LogP) is 3.69. The summed E-state index contributed by atoms with van der Waals surface area (Å²) in [6.07, 6.45) is 0.641. The van der Waals surface area contributed by atoms with E-state index in [1.165, 1.54) is 12.1 Å². The van der Waals surface area contributed by atoms with E-state index >= 15 is 0 Å². The van der Waals surface area contributed by atoms with Gasteiger partial charge in [0.1, 0.15) is 12.4 Å². The standard InChI is InChI=1S/C17H20O4S/c1-3-11-21-22(18,19)16-10-9-14(2)17(12-16)20-13-15-7-5-4-6-8-15/h4-10,12H,3,11,13H2,1-2H3. The summed E-state index contributed by atoms with van der Waals surface area (Å²) in [5, 5.41) is 0. The van der Waals surface area contributed by atoms with Gasteiger partial charge in [-0.15, -0.1) is 0 Å². The lowest BCUT2D eigenvalue weighted by atomic mass is 10.2. The second kappa shape index (κ2) is 7.42. The molecule has 0 saturated carbocycles. The molecule has 0 aromatic heterocycles. The Labute approximate surface area is 131 Å². The van der Waals surface area contributed by atoms with Crippen LogP contribution in [0.1, 0.15) is 24.5 Å². The molecule has 0 amide bonds. The highest BCUT2D eigenvalue weighted by molar-refractivity contribution is 7.86. The fourth-order valence-corrected chi connectivity index (χ4v) is 2.90. The molecular formula is C17H20O4S. The van der Waals surface area contributed by atoms with Gasteiger partial charge in [0.25, 0.3) is 10.1 Å². The van der Waals surface area contributed by atoms with Gasteiger partial charge in [-0.05, 0) is 30.5 Å². The van der Waals surface area contributed by atoms with Crippen LogP contribution in [-0.4, -0.2) is 15.0 Å². The van der Waals surface area contributed by atoms with Gasteiger partial charge in [-0.2, -0.15) is 8.42 Å². The minimum atomic E-state index is -3.72. The Bertz CT molecular complexity index is 709. The largest absolute Gasteiger partial charge is 0.489 e. The SMILES string of the molecule is CCCOS(=O)(=O)c1ccc(C)c(OCc2ccccc2)c1. The first-order valence-electron chi connectivity index (χ1n) is 7.19. The van der Waals surface area contributed by atoms with Crippen molar-refractivity contribution in [1.82, 2.24) is 0 Å². The van der Waals surface area contributed by atoms with E-state index in [0.29, 0.717) is 18.8 Å². The number of hydrogen-bond acceptors (Lipinski definition) is 4. The molecule has 22 heavy (non-hydrogen) atoms. The maximum atomic E-state index is 12.1. The van der Waals surface area contributed by atoms with Crippen LogP contribution in [-0.2, 0) is 20.9 Å². The molecule has 0 bridgehead atoms. The fraction of sp³-hybridized carbons (Fsp3) is 0.294. The molecule has 0 heterocycles. The Morgan fingerprint density at radius 3 is 2.45 bits per heavy atom. The number of hydrogen-bond donors (Lipinski definition) is 0. The fourth-order valence-electron chi connectivity index (χ4n) is 1.89. The van der Waals surface area contributed by atoms with E-state index in [4.69, 9.17) is 8.92 Å². The van der Waals surface area contributed by atoms with Crippen LogP contribution in [0, 0.1) is 6.92 Å². The molecule has 0 aliphatic heterocycles. The van der Waals surface area contributed by atoms with Gasteiger partial charge in [0.15, 0.2) is 0 Å². The zero-order valence-corrected chi connectivity index (χ0v) is 13.6. The first-order chi connectivity index (χ1) is 10.5. The Morgan fingerprint density at radius 1 is 1.05 bits per heavy atom. The second-order valence-electron chi connectivity index (χ2n) is 4.98. The molecule has 0 radical (unpaired) electrons. The molecule has 2 rings (SSSR count). The van der Waals surface area contributed by atoms with E-state index in [1.54, 1.807) is 6.07 Å². The maximum Gasteiger partial charge on any atom is 0.297 e. The van der Waals surface area contributed by atoms with Gasteiger partial charge in [0.2, 0.25) is 0 Å². The van der Waals surface area contributed by atoms with E-state index in [-0.39, 0.29) is 11.5 Å². The molecule has 0 N–H and O–H groups in total. The van der Waals surface area contributed by atoms with Crippen LogP contribution in [0.3, 0.4) is 0 Å². The molecule has 0 saturated heterocycles. The first-order valence-corrected chi connectivity index (χ1v) is 8.60. The average Bonchev–Trinajstić information content (AvgIpc) is 2.53. The van der Waals surface area contributed by atoms with Crippen molar-refractivity contribution >= 4 is 10.1 Å². The van der Waals surface area contributed by atoms with E-state index in [0.717, 1.165) is 11.1 Å². The first kappa shape index (κ1) is 16.5. The summed E-state index contributed by atoms with van der Waals surface area (Å²) in [7, 11) is -3.72. The van der Waals surface area contributed by atoms with Gasteiger partial charge in [0, 0.05) is 6.07 Å². The quantitative estimate of drug-likeness (QED) is 0.730. The minimum Gasteiger partial charge on any atom is -0.489 e. The molecule has 5 heteroatoms. The molecular weight excluding hydrogens is 300 g/mol. The smallest absolute Gasteiger partial charge is 0.297 e. The lowest BCUT2D eigenvalue weighted by Gasteiger charge is -2.11. The van der Waals surface area contributed by atoms with Crippen molar-refractivity contribution in [3.63, 3.8) is 0 Å². The van der Waals surface area contributed by atoms with Gasteiger partial charge < -0.3 is 4.74 Å². The summed E-state index contributed by atoms with van der Waals surface area (Å²) in [5.41, 5.74) is 1.91. The summed E-state index contributed by atoms with van der Waals surface area (Å²) >= 11 is 0. The Kier molecular flexibility index (Phi) is 5.57. The van der Waals surface area contributed by atoms with Crippen molar-refractivity contribution in [3.05, 3.63) is 59.7 Å². The van der Waals surface area contributed by atoms with Gasteiger partial charge in [-0.25, -0.2) is 0 Å². The topological polar surface area (TPSA) is 52.6 Å². The lowest BCUT2D eigenvalue weighted by Crippen LogP contribution is -2.08. The van der Waals surface area contributed by atoms with E-state index in [9.17, 15) is 8.42 Å². The third-order valence-corrected chi connectivity index (χ3v) is 4.44. The van der Waals surface area contributed by atoms with Crippen LogP contribution in [0.5, 0.6) is 5.75 Å². The third-order valence-electron chi connectivity index (χ3n) is 3.13. The summed E-state index contributed by atoms with van der Waals surface area (Å²) in [6, 6.07) is 14.5. The summed E-state index contributed by atoms with van der Waals surface area (Å²) in [6.45, 7) is 4.31. The highest BCUT2D eigenvalue weighted by Gasteiger charge is 2.16. The Morgan fingerprint density at radius 2 is 1.77 bits per heavy atom. The normalized spacial score (nSPS) is 11.4. The summed E-state index contributed by atoms with van der Waals surface area (Å²) in [4.78, 5) is 0.120. The zero-order chi connectivity index (χ0) is 16.0.